The molecule has 0 atom stereocenters. The molecule has 14 heavy (non-hydrogen) atoms. The quantitative estimate of drug-likeness (QED) is 0.800. The molecule has 0 saturated carbocycles. The van der Waals surface area contributed by atoms with Gasteiger partial charge in [0, 0.05) is 11.2 Å². The number of benzene rings is 1. The lowest BCUT2D eigenvalue weighted by Crippen LogP contribution is -1.74. The zero-order valence-corrected chi connectivity index (χ0v) is 8.20. The minimum absolute atomic E-state index is 0.749. The molecule has 0 aliphatic rings. The van der Waals surface area contributed by atoms with Crippen molar-refractivity contribution < 1.29 is 0 Å². The predicted octanol–water partition coefficient (Wildman–Crippen LogP) is 3.23. The largest absolute Gasteiger partial charge is 0.285 e. The topological polar surface area (TPSA) is 28.7 Å². The molecule has 0 bridgehead atoms. The molecule has 2 rings (SSSR count). The summed E-state index contributed by atoms with van der Waals surface area (Å²) in [4.78, 5) is 0. The van der Waals surface area contributed by atoms with Crippen LogP contribution in [0.2, 0.25) is 5.02 Å². The molecule has 0 fully saturated rings. The number of rotatable bonds is 2. The molecule has 0 unspecified atom stereocenters. The van der Waals surface area contributed by atoms with Crippen LogP contribution in [0.1, 0.15) is 11.3 Å². The van der Waals surface area contributed by atoms with Crippen molar-refractivity contribution in [2.45, 2.75) is 0 Å². The van der Waals surface area contributed by atoms with Crippen LogP contribution in [-0.4, -0.2) is 10.2 Å². The van der Waals surface area contributed by atoms with Crippen molar-refractivity contribution in [2.24, 2.45) is 0 Å². The van der Waals surface area contributed by atoms with E-state index in [0.717, 1.165) is 16.3 Å². The lowest BCUT2D eigenvalue weighted by Gasteiger charge is -1.94. The van der Waals surface area contributed by atoms with Gasteiger partial charge in [0.05, 0.1) is 5.69 Å². The van der Waals surface area contributed by atoms with Gasteiger partial charge >= 0.3 is 0 Å². The molecule has 0 saturated heterocycles. The Morgan fingerprint density at radius 1 is 1.14 bits per heavy atom. The summed E-state index contributed by atoms with van der Waals surface area (Å²) in [5.74, 6) is 0. The van der Waals surface area contributed by atoms with E-state index in [4.69, 9.17) is 11.6 Å². The Labute approximate surface area is 87.2 Å². The van der Waals surface area contributed by atoms with Crippen LogP contribution in [-0.2, 0) is 0 Å². The number of hydrogen-bond acceptors (Lipinski definition) is 1. The zero-order valence-electron chi connectivity index (χ0n) is 7.44. The Balaban J connectivity index is 2.23. The Bertz CT molecular complexity index is 432. The smallest absolute Gasteiger partial charge is 0.0848 e. The van der Waals surface area contributed by atoms with Gasteiger partial charge in [0.25, 0.3) is 0 Å². The first-order valence-electron chi connectivity index (χ1n) is 4.28. The standard InChI is InChI=1S/C11H9ClN2/c12-11-4-2-1-3-9(11)5-6-10-7-8-13-14-10/h1-8H,(H,13,14)/b6-5+. The van der Waals surface area contributed by atoms with Crippen molar-refractivity contribution in [3.05, 3.63) is 52.8 Å². The summed E-state index contributed by atoms with van der Waals surface area (Å²) >= 11 is 5.98. The zero-order chi connectivity index (χ0) is 9.80. The van der Waals surface area contributed by atoms with Gasteiger partial charge in [0.2, 0.25) is 0 Å². The summed E-state index contributed by atoms with van der Waals surface area (Å²) in [6.07, 6.45) is 5.64. The van der Waals surface area contributed by atoms with E-state index >= 15 is 0 Å². The molecule has 0 aliphatic carbocycles. The third-order valence-electron chi connectivity index (χ3n) is 1.86. The van der Waals surface area contributed by atoms with Crippen LogP contribution in [0.25, 0.3) is 12.2 Å². The maximum absolute atomic E-state index is 5.98. The van der Waals surface area contributed by atoms with Gasteiger partial charge < -0.3 is 0 Å². The number of nitrogens with zero attached hydrogens (tertiary/aromatic N) is 1. The predicted molar refractivity (Wildman–Crippen MR) is 59.0 cm³/mol. The second-order valence-corrected chi connectivity index (χ2v) is 3.26. The first-order chi connectivity index (χ1) is 6.86. The fourth-order valence-corrected chi connectivity index (χ4v) is 1.35. The van der Waals surface area contributed by atoms with Crippen molar-refractivity contribution in [3.63, 3.8) is 0 Å². The Morgan fingerprint density at radius 2 is 2.00 bits per heavy atom. The van der Waals surface area contributed by atoms with Gasteiger partial charge in [-0.1, -0.05) is 35.9 Å². The maximum atomic E-state index is 5.98. The van der Waals surface area contributed by atoms with Crippen molar-refractivity contribution in [2.75, 3.05) is 0 Å². The lowest BCUT2D eigenvalue weighted by atomic mass is 10.2. The van der Waals surface area contributed by atoms with Gasteiger partial charge in [0.15, 0.2) is 0 Å². The fraction of sp³-hybridized carbons (Fsp3) is 0. The Morgan fingerprint density at radius 3 is 2.71 bits per heavy atom. The van der Waals surface area contributed by atoms with Gasteiger partial charge in [-0.25, -0.2) is 0 Å². The van der Waals surface area contributed by atoms with E-state index in [1.807, 2.05) is 42.5 Å². The van der Waals surface area contributed by atoms with Crippen LogP contribution in [0.5, 0.6) is 0 Å². The van der Waals surface area contributed by atoms with Crippen molar-refractivity contribution in [3.8, 4) is 0 Å². The van der Waals surface area contributed by atoms with Crippen LogP contribution in [0.15, 0.2) is 36.5 Å². The number of H-pyrrole nitrogens is 1. The number of nitrogens with one attached hydrogen (secondary N) is 1. The molecule has 1 heterocycles. The van der Waals surface area contributed by atoms with E-state index < -0.39 is 0 Å². The highest BCUT2D eigenvalue weighted by molar-refractivity contribution is 6.32. The van der Waals surface area contributed by atoms with E-state index in [-0.39, 0.29) is 0 Å². The third kappa shape index (κ3) is 2.03. The summed E-state index contributed by atoms with van der Waals surface area (Å²) in [5, 5.41) is 7.50. The van der Waals surface area contributed by atoms with Crippen LogP contribution in [0.3, 0.4) is 0 Å². The summed E-state index contributed by atoms with van der Waals surface area (Å²) in [6.45, 7) is 0. The molecular formula is C11H9ClN2. The molecule has 0 amide bonds. The van der Waals surface area contributed by atoms with E-state index in [1.165, 1.54) is 0 Å². The molecular weight excluding hydrogens is 196 g/mol. The van der Waals surface area contributed by atoms with E-state index in [1.54, 1.807) is 6.20 Å². The molecule has 1 aromatic heterocycles. The summed E-state index contributed by atoms with van der Waals surface area (Å²) in [5.41, 5.74) is 1.89. The van der Waals surface area contributed by atoms with Gasteiger partial charge in [-0.2, -0.15) is 5.10 Å². The maximum Gasteiger partial charge on any atom is 0.0848 e. The minimum atomic E-state index is 0.749. The Kier molecular flexibility index (Phi) is 2.65. The molecule has 2 nitrogen and oxygen atoms in total. The monoisotopic (exact) mass is 204 g/mol. The van der Waals surface area contributed by atoms with Crippen molar-refractivity contribution >= 4 is 23.8 Å². The molecule has 1 aromatic carbocycles. The van der Waals surface area contributed by atoms with Gasteiger partial charge in [-0.05, 0) is 23.8 Å². The molecule has 70 valence electrons. The van der Waals surface area contributed by atoms with Crippen LogP contribution in [0.4, 0.5) is 0 Å². The van der Waals surface area contributed by atoms with E-state index in [2.05, 4.69) is 10.2 Å². The van der Waals surface area contributed by atoms with Crippen LogP contribution in [0, 0.1) is 0 Å². The average molecular weight is 205 g/mol. The highest BCUT2D eigenvalue weighted by atomic mass is 35.5. The van der Waals surface area contributed by atoms with Crippen LogP contribution < -0.4 is 0 Å². The first-order valence-corrected chi connectivity index (χ1v) is 4.66. The van der Waals surface area contributed by atoms with Crippen molar-refractivity contribution in [1.82, 2.24) is 10.2 Å². The van der Waals surface area contributed by atoms with Gasteiger partial charge in [0.1, 0.15) is 0 Å². The second-order valence-electron chi connectivity index (χ2n) is 2.85. The molecule has 2 aromatic rings. The highest BCUT2D eigenvalue weighted by Gasteiger charge is 1.93. The van der Waals surface area contributed by atoms with E-state index in [0.29, 0.717) is 0 Å². The third-order valence-corrected chi connectivity index (χ3v) is 2.21. The van der Waals surface area contributed by atoms with Gasteiger partial charge in [-0.3, -0.25) is 5.10 Å². The number of aromatic amines is 1. The average Bonchev–Trinajstić information content (AvgIpc) is 2.69. The van der Waals surface area contributed by atoms with E-state index in [9.17, 15) is 0 Å². The summed E-state index contributed by atoms with van der Waals surface area (Å²) < 4.78 is 0. The molecule has 1 N–H and O–H groups in total. The van der Waals surface area contributed by atoms with Crippen LogP contribution >= 0.6 is 11.6 Å². The normalized spacial score (nSPS) is 10.9. The number of halogens is 1. The molecule has 3 heteroatoms. The van der Waals surface area contributed by atoms with Gasteiger partial charge in [-0.15, -0.1) is 0 Å². The first kappa shape index (κ1) is 9.03. The summed E-state index contributed by atoms with van der Waals surface area (Å²) in [7, 11) is 0. The molecule has 0 radical (unpaired) electrons. The number of hydrogen-bond donors (Lipinski definition) is 1. The number of aromatic nitrogens is 2. The highest BCUT2D eigenvalue weighted by Crippen LogP contribution is 2.17. The lowest BCUT2D eigenvalue weighted by molar-refractivity contribution is 1.08. The molecule has 0 spiro atoms. The van der Waals surface area contributed by atoms with Crippen molar-refractivity contribution in [1.29, 1.82) is 0 Å². The molecule has 0 aliphatic heterocycles. The minimum Gasteiger partial charge on any atom is -0.285 e. The Hall–Kier alpha value is -1.54. The second kappa shape index (κ2) is 4.11. The fourth-order valence-electron chi connectivity index (χ4n) is 1.15. The SMILES string of the molecule is Clc1ccccc1/C=C/c1cc[nH]n1. The summed E-state index contributed by atoms with van der Waals surface area (Å²) in [6, 6.07) is 9.59.